The van der Waals surface area contributed by atoms with Crippen molar-refractivity contribution in [3.8, 4) is 0 Å². The summed E-state index contributed by atoms with van der Waals surface area (Å²) >= 11 is 1.69. The summed E-state index contributed by atoms with van der Waals surface area (Å²) in [6.45, 7) is 7.21. The van der Waals surface area contributed by atoms with Crippen molar-refractivity contribution in [2.45, 2.75) is 43.5 Å². The number of hydrogen-bond donors (Lipinski definition) is 1. The van der Waals surface area contributed by atoms with Crippen LogP contribution in [0.5, 0.6) is 0 Å². The lowest BCUT2D eigenvalue weighted by Gasteiger charge is -2.08. The molecule has 0 saturated heterocycles. The highest BCUT2D eigenvalue weighted by Crippen LogP contribution is 2.28. The highest BCUT2D eigenvalue weighted by molar-refractivity contribution is 7.99. The summed E-state index contributed by atoms with van der Waals surface area (Å²) < 4.78 is 0. The molecule has 0 aliphatic rings. The molecular weight excluding hydrogens is 266 g/mol. The molecule has 0 saturated carbocycles. The van der Waals surface area contributed by atoms with Crippen LogP contribution in [-0.4, -0.2) is 16.5 Å². The van der Waals surface area contributed by atoms with E-state index in [1.54, 1.807) is 11.8 Å². The number of anilines is 1. The van der Waals surface area contributed by atoms with Crippen molar-refractivity contribution >= 4 is 17.6 Å². The minimum absolute atomic E-state index is 0.872. The van der Waals surface area contributed by atoms with Crippen molar-refractivity contribution in [2.75, 3.05) is 11.9 Å². The average Bonchev–Trinajstić information content (AvgIpc) is 2.39. The van der Waals surface area contributed by atoms with Gasteiger partial charge in [0.05, 0.1) is 0 Å². The molecule has 2 rings (SSSR count). The first-order valence-electron chi connectivity index (χ1n) is 7.07. The standard InChI is InChI=1S/C16H21N3S/c1-4-7-14-18-15(17-5-2)11-16(19-14)20-13-9-6-8-12(3)10-13/h6,8-11H,4-5,7H2,1-3H3,(H,17,18,19). The van der Waals surface area contributed by atoms with Crippen molar-refractivity contribution in [3.63, 3.8) is 0 Å². The largest absolute Gasteiger partial charge is 0.370 e. The van der Waals surface area contributed by atoms with Gasteiger partial charge < -0.3 is 5.32 Å². The lowest BCUT2D eigenvalue weighted by Crippen LogP contribution is -2.04. The van der Waals surface area contributed by atoms with Gasteiger partial charge >= 0.3 is 0 Å². The molecule has 2 aromatic rings. The van der Waals surface area contributed by atoms with E-state index in [1.807, 2.05) is 6.07 Å². The number of aromatic nitrogens is 2. The zero-order valence-corrected chi connectivity index (χ0v) is 13.1. The van der Waals surface area contributed by atoms with Crippen LogP contribution < -0.4 is 5.32 Å². The minimum atomic E-state index is 0.872. The monoisotopic (exact) mass is 287 g/mol. The normalized spacial score (nSPS) is 10.6. The van der Waals surface area contributed by atoms with Crippen LogP contribution in [-0.2, 0) is 6.42 Å². The van der Waals surface area contributed by atoms with Gasteiger partial charge in [-0.15, -0.1) is 0 Å². The summed E-state index contributed by atoms with van der Waals surface area (Å²) in [6.07, 6.45) is 1.98. The average molecular weight is 287 g/mol. The molecule has 20 heavy (non-hydrogen) atoms. The van der Waals surface area contributed by atoms with Gasteiger partial charge in [-0.25, -0.2) is 9.97 Å². The summed E-state index contributed by atoms with van der Waals surface area (Å²) in [6, 6.07) is 10.5. The summed E-state index contributed by atoms with van der Waals surface area (Å²) in [4.78, 5) is 10.4. The van der Waals surface area contributed by atoms with E-state index >= 15 is 0 Å². The van der Waals surface area contributed by atoms with Gasteiger partial charge in [-0.2, -0.15) is 0 Å². The summed E-state index contributed by atoms with van der Waals surface area (Å²) in [5, 5.41) is 4.28. The predicted molar refractivity (Wildman–Crippen MR) is 85.5 cm³/mol. The van der Waals surface area contributed by atoms with Crippen LogP contribution in [0.3, 0.4) is 0 Å². The predicted octanol–water partition coefficient (Wildman–Crippen LogP) is 4.32. The van der Waals surface area contributed by atoms with Crippen LogP contribution in [0.2, 0.25) is 0 Å². The highest BCUT2D eigenvalue weighted by atomic mass is 32.2. The van der Waals surface area contributed by atoms with Gasteiger partial charge in [0.25, 0.3) is 0 Å². The molecule has 0 amide bonds. The van der Waals surface area contributed by atoms with Gasteiger partial charge in [0.1, 0.15) is 16.7 Å². The zero-order valence-electron chi connectivity index (χ0n) is 12.3. The number of rotatable bonds is 6. The number of aryl methyl sites for hydroxylation is 2. The minimum Gasteiger partial charge on any atom is -0.370 e. The fourth-order valence-electron chi connectivity index (χ4n) is 1.93. The maximum atomic E-state index is 4.64. The third-order valence-electron chi connectivity index (χ3n) is 2.79. The summed E-state index contributed by atoms with van der Waals surface area (Å²) in [5.41, 5.74) is 1.27. The van der Waals surface area contributed by atoms with Crippen molar-refractivity contribution in [3.05, 3.63) is 41.7 Å². The van der Waals surface area contributed by atoms with E-state index in [0.717, 1.165) is 36.1 Å². The molecule has 3 nitrogen and oxygen atoms in total. The van der Waals surface area contributed by atoms with E-state index in [-0.39, 0.29) is 0 Å². The topological polar surface area (TPSA) is 37.8 Å². The van der Waals surface area contributed by atoms with Crippen LogP contribution in [0.1, 0.15) is 31.7 Å². The Morgan fingerprint density at radius 1 is 1.15 bits per heavy atom. The molecule has 1 aromatic heterocycles. The molecule has 0 bridgehead atoms. The molecule has 4 heteroatoms. The van der Waals surface area contributed by atoms with Gasteiger partial charge in [0.2, 0.25) is 0 Å². The van der Waals surface area contributed by atoms with Crippen LogP contribution in [0.25, 0.3) is 0 Å². The van der Waals surface area contributed by atoms with Gasteiger partial charge in [-0.3, -0.25) is 0 Å². The molecule has 0 aliphatic heterocycles. The molecule has 1 heterocycles. The lowest BCUT2D eigenvalue weighted by atomic mass is 10.2. The quantitative estimate of drug-likeness (QED) is 0.803. The van der Waals surface area contributed by atoms with Gasteiger partial charge in [0.15, 0.2) is 0 Å². The molecule has 1 aromatic carbocycles. The number of nitrogens with one attached hydrogen (secondary N) is 1. The maximum absolute atomic E-state index is 4.64. The van der Waals surface area contributed by atoms with E-state index < -0.39 is 0 Å². The SMILES string of the molecule is CCCc1nc(NCC)cc(Sc2cccc(C)c2)n1. The van der Waals surface area contributed by atoms with Gasteiger partial charge in [0, 0.05) is 23.9 Å². The Morgan fingerprint density at radius 3 is 2.70 bits per heavy atom. The molecule has 0 radical (unpaired) electrons. The smallest absolute Gasteiger partial charge is 0.132 e. The van der Waals surface area contributed by atoms with Crippen molar-refractivity contribution in [1.29, 1.82) is 0 Å². The van der Waals surface area contributed by atoms with Crippen LogP contribution in [0.4, 0.5) is 5.82 Å². The molecule has 0 unspecified atom stereocenters. The molecule has 0 spiro atoms. The van der Waals surface area contributed by atoms with Gasteiger partial charge in [-0.05, 0) is 32.4 Å². The Kier molecular flexibility index (Phi) is 5.41. The Labute approximate surface area is 125 Å². The number of benzene rings is 1. The lowest BCUT2D eigenvalue weighted by molar-refractivity contribution is 0.810. The van der Waals surface area contributed by atoms with Crippen molar-refractivity contribution in [2.24, 2.45) is 0 Å². The van der Waals surface area contributed by atoms with Crippen LogP contribution in [0, 0.1) is 6.92 Å². The van der Waals surface area contributed by atoms with E-state index in [9.17, 15) is 0 Å². The third-order valence-corrected chi connectivity index (χ3v) is 3.70. The van der Waals surface area contributed by atoms with Gasteiger partial charge in [-0.1, -0.05) is 36.4 Å². The van der Waals surface area contributed by atoms with Crippen LogP contribution >= 0.6 is 11.8 Å². The molecule has 0 aliphatic carbocycles. The maximum Gasteiger partial charge on any atom is 0.132 e. The second kappa shape index (κ2) is 7.29. The van der Waals surface area contributed by atoms with Crippen LogP contribution in [0.15, 0.2) is 40.3 Å². The first kappa shape index (κ1) is 14.9. The molecule has 106 valence electrons. The molecule has 0 atom stereocenters. The van der Waals surface area contributed by atoms with E-state index in [0.29, 0.717) is 0 Å². The molecule has 1 N–H and O–H groups in total. The fourth-order valence-corrected chi connectivity index (χ4v) is 2.89. The third kappa shape index (κ3) is 4.23. The molecular formula is C16H21N3S. The number of hydrogen-bond acceptors (Lipinski definition) is 4. The van der Waals surface area contributed by atoms with Crippen molar-refractivity contribution < 1.29 is 0 Å². The Bertz CT molecular complexity index is 545. The van der Waals surface area contributed by atoms with E-state index in [4.69, 9.17) is 0 Å². The van der Waals surface area contributed by atoms with E-state index in [1.165, 1.54) is 10.5 Å². The Balaban J connectivity index is 2.25. The number of nitrogens with zero attached hydrogens (tertiary/aromatic N) is 2. The highest BCUT2D eigenvalue weighted by Gasteiger charge is 2.06. The molecule has 0 fully saturated rings. The van der Waals surface area contributed by atoms with E-state index in [2.05, 4.69) is 60.3 Å². The Morgan fingerprint density at radius 2 is 2.00 bits per heavy atom. The Hall–Kier alpha value is -1.55. The summed E-state index contributed by atoms with van der Waals surface area (Å²) in [7, 11) is 0. The first-order chi connectivity index (χ1) is 9.71. The second-order valence-corrected chi connectivity index (χ2v) is 5.80. The second-order valence-electron chi connectivity index (χ2n) is 4.71. The summed E-state index contributed by atoms with van der Waals surface area (Å²) in [5.74, 6) is 1.84. The van der Waals surface area contributed by atoms with Crippen molar-refractivity contribution in [1.82, 2.24) is 9.97 Å². The first-order valence-corrected chi connectivity index (χ1v) is 7.89. The fraction of sp³-hybridized carbons (Fsp3) is 0.375. The zero-order chi connectivity index (χ0) is 14.4.